The van der Waals surface area contributed by atoms with Gasteiger partial charge in [0.25, 0.3) is 0 Å². The molecule has 0 unspecified atom stereocenters. The van der Waals surface area contributed by atoms with Crippen LogP contribution in [0.5, 0.6) is 11.5 Å². The van der Waals surface area contributed by atoms with Crippen LogP contribution in [0.2, 0.25) is 5.02 Å². The summed E-state index contributed by atoms with van der Waals surface area (Å²) >= 11 is 6.09. The number of aromatic nitrogens is 1. The molecule has 4 rings (SSSR count). The van der Waals surface area contributed by atoms with E-state index in [2.05, 4.69) is 4.98 Å². The van der Waals surface area contributed by atoms with Gasteiger partial charge in [0.2, 0.25) is 5.78 Å². The Morgan fingerprint density at radius 3 is 2.55 bits per heavy atom. The van der Waals surface area contributed by atoms with Gasteiger partial charge in [-0.1, -0.05) is 61.0 Å². The molecule has 156 valence electrons. The number of H-pyrrole nitrogens is 1. The molecule has 0 saturated heterocycles. The van der Waals surface area contributed by atoms with Crippen molar-refractivity contribution in [2.24, 2.45) is 0 Å². The van der Waals surface area contributed by atoms with Crippen molar-refractivity contribution in [3.63, 3.8) is 0 Å². The first-order chi connectivity index (χ1) is 15.0. The molecule has 0 bridgehead atoms. The number of hydrogen-bond donors (Lipinski definition) is 1. The molecule has 31 heavy (non-hydrogen) atoms. The molecule has 0 aliphatic heterocycles. The largest absolute Gasteiger partial charge is 0.489 e. The Morgan fingerprint density at radius 2 is 1.77 bits per heavy atom. The van der Waals surface area contributed by atoms with Crippen LogP contribution in [0.25, 0.3) is 10.9 Å². The van der Waals surface area contributed by atoms with Crippen LogP contribution in [-0.4, -0.2) is 16.7 Å². The van der Waals surface area contributed by atoms with E-state index in [4.69, 9.17) is 21.1 Å². The first-order valence-corrected chi connectivity index (χ1v) is 10.3. The highest BCUT2D eigenvalue weighted by Gasteiger charge is 2.23. The monoisotopic (exact) mass is 433 g/mol. The maximum atomic E-state index is 13.3. The fourth-order valence-corrected chi connectivity index (χ4v) is 3.38. The average molecular weight is 434 g/mol. The normalized spacial score (nSPS) is 10.8. The van der Waals surface area contributed by atoms with Crippen LogP contribution in [-0.2, 0) is 11.4 Å². The molecule has 0 spiro atoms. The zero-order valence-electron chi connectivity index (χ0n) is 16.9. The molecule has 1 N–H and O–H groups in total. The van der Waals surface area contributed by atoms with Crippen LogP contribution >= 0.6 is 11.6 Å². The third kappa shape index (κ3) is 4.62. The van der Waals surface area contributed by atoms with Gasteiger partial charge in [0.1, 0.15) is 18.1 Å². The molecule has 3 aromatic carbocycles. The molecule has 5 nitrogen and oxygen atoms in total. The molecule has 4 aromatic rings. The Labute approximate surface area is 184 Å². The minimum absolute atomic E-state index is 0.191. The maximum Gasteiger partial charge on any atom is 0.310 e. The summed E-state index contributed by atoms with van der Waals surface area (Å²) < 4.78 is 11.3. The summed E-state index contributed by atoms with van der Waals surface area (Å²) in [4.78, 5) is 28.3. The van der Waals surface area contributed by atoms with Crippen LogP contribution in [0.3, 0.4) is 0 Å². The molecule has 1 heterocycles. The third-order valence-corrected chi connectivity index (χ3v) is 5.02. The number of carbonyl (C=O) groups excluding carboxylic acids is 2. The lowest BCUT2D eigenvalue weighted by Gasteiger charge is -2.09. The van der Waals surface area contributed by atoms with Crippen LogP contribution in [0.15, 0.2) is 72.8 Å². The number of benzene rings is 3. The number of ether oxygens (including phenoxy) is 2. The van der Waals surface area contributed by atoms with Gasteiger partial charge in [-0.3, -0.25) is 9.59 Å². The van der Waals surface area contributed by atoms with Crippen LogP contribution in [0.1, 0.15) is 35.0 Å². The number of esters is 1. The van der Waals surface area contributed by atoms with Gasteiger partial charge in [-0.15, -0.1) is 0 Å². The third-order valence-electron chi connectivity index (χ3n) is 4.79. The van der Waals surface area contributed by atoms with E-state index in [1.807, 2.05) is 30.3 Å². The van der Waals surface area contributed by atoms with E-state index in [0.717, 1.165) is 5.56 Å². The number of rotatable bonds is 7. The van der Waals surface area contributed by atoms with Crippen molar-refractivity contribution in [2.75, 3.05) is 0 Å². The van der Waals surface area contributed by atoms with Crippen molar-refractivity contribution in [3.05, 3.63) is 94.6 Å². The van der Waals surface area contributed by atoms with Crippen LogP contribution in [0, 0.1) is 0 Å². The second-order valence-electron chi connectivity index (χ2n) is 6.98. The first kappa shape index (κ1) is 20.7. The molecule has 0 radical (unpaired) electrons. The van der Waals surface area contributed by atoms with Gasteiger partial charge < -0.3 is 14.5 Å². The molecule has 6 heteroatoms. The standard InChI is InChI=1S/C25H20ClNO4/c1-2-22(28)31-25-20-12-11-18(26)14-21(20)27-23(25)24(29)17-9-6-10-19(13-17)30-15-16-7-4-3-5-8-16/h3-14,27H,2,15H2,1H3. The van der Waals surface area contributed by atoms with Gasteiger partial charge in [0.05, 0.1) is 5.52 Å². The van der Waals surface area contributed by atoms with Gasteiger partial charge in [-0.25, -0.2) is 0 Å². The lowest BCUT2D eigenvalue weighted by Crippen LogP contribution is -2.10. The number of halogens is 1. The van der Waals surface area contributed by atoms with E-state index in [9.17, 15) is 9.59 Å². The van der Waals surface area contributed by atoms with Crippen molar-refractivity contribution in [1.29, 1.82) is 0 Å². The fraction of sp³-hybridized carbons (Fsp3) is 0.120. The predicted molar refractivity (Wildman–Crippen MR) is 120 cm³/mol. The first-order valence-electron chi connectivity index (χ1n) is 9.88. The Kier molecular flexibility index (Phi) is 6.05. The molecule has 0 saturated carbocycles. The van der Waals surface area contributed by atoms with Gasteiger partial charge in [-0.05, 0) is 35.9 Å². The van der Waals surface area contributed by atoms with Crippen molar-refractivity contribution < 1.29 is 19.1 Å². The molecule has 0 aliphatic carbocycles. The highest BCUT2D eigenvalue weighted by molar-refractivity contribution is 6.31. The van der Waals surface area contributed by atoms with Crippen molar-refractivity contribution in [3.8, 4) is 11.5 Å². The van der Waals surface area contributed by atoms with E-state index in [1.165, 1.54) is 0 Å². The number of hydrogen-bond acceptors (Lipinski definition) is 4. The molecular weight excluding hydrogens is 414 g/mol. The van der Waals surface area contributed by atoms with Gasteiger partial charge in [0.15, 0.2) is 5.75 Å². The molecule has 0 fully saturated rings. The van der Waals surface area contributed by atoms with Gasteiger partial charge in [-0.2, -0.15) is 0 Å². The number of nitrogens with one attached hydrogen (secondary N) is 1. The Morgan fingerprint density at radius 1 is 0.968 bits per heavy atom. The Bertz CT molecular complexity index is 1250. The average Bonchev–Trinajstić information content (AvgIpc) is 3.15. The highest BCUT2D eigenvalue weighted by atomic mass is 35.5. The topological polar surface area (TPSA) is 68.4 Å². The number of carbonyl (C=O) groups is 2. The van der Waals surface area contributed by atoms with E-state index < -0.39 is 5.97 Å². The molecule has 0 amide bonds. The smallest absolute Gasteiger partial charge is 0.310 e. The minimum Gasteiger partial charge on any atom is -0.489 e. The van der Waals surface area contributed by atoms with E-state index in [-0.39, 0.29) is 23.6 Å². The van der Waals surface area contributed by atoms with Crippen LogP contribution < -0.4 is 9.47 Å². The van der Waals surface area contributed by atoms with Crippen LogP contribution in [0.4, 0.5) is 0 Å². The number of ketones is 1. The Balaban J connectivity index is 1.66. The molecule has 0 atom stereocenters. The lowest BCUT2D eigenvalue weighted by molar-refractivity contribution is -0.133. The van der Waals surface area contributed by atoms with E-state index >= 15 is 0 Å². The zero-order valence-corrected chi connectivity index (χ0v) is 17.6. The van der Waals surface area contributed by atoms with Gasteiger partial charge >= 0.3 is 5.97 Å². The summed E-state index contributed by atoms with van der Waals surface area (Å²) in [6, 6.07) is 21.8. The zero-order chi connectivity index (χ0) is 21.8. The Hall–Kier alpha value is -3.57. The summed E-state index contributed by atoms with van der Waals surface area (Å²) in [6.45, 7) is 2.09. The quantitative estimate of drug-likeness (QED) is 0.289. The highest BCUT2D eigenvalue weighted by Crippen LogP contribution is 2.34. The number of aromatic amines is 1. The minimum atomic E-state index is -0.426. The van der Waals surface area contributed by atoms with E-state index in [1.54, 1.807) is 49.4 Å². The molecule has 1 aromatic heterocycles. The van der Waals surface area contributed by atoms with Gasteiger partial charge in [0, 0.05) is 22.4 Å². The lowest BCUT2D eigenvalue weighted by atomic mass is 10.1. The van der Waals surface area contributed by atoms with E-state index in [0.29, 0.717) is 33.8 Å². The fourth-order valence-electron chi connectivity index (χ4n) is 3.21. The summed E-state index contributed by atoms with van der Waals surface area (Å²) in [6.07, 6.45) is 0.191. The molecular formula is C25H20ClNO4. The molecule has 0 aliphatic rings. The summed E-state index contributed by atoms with van der Waals surface area (Å²) in [5, 5.41) is 1.13. The summed E-state index contributed by atoms with van der Waals surface area (Å²) in [5.74, 6) is 0.0429. The number of fused-ring (bicyclic) bond motifs is 1. The maximum absolute atomic E-state index is 13.3. The summed E-state index contributed by atoms with van der Waals surface area (Å²) in [5.41, 5.74) is 2.25. The predicted octanol–water partition coefficient (Wildman–Crippen LogP) is 5.95. The SMILES string of the molecule is CCC(=O)Oc1c(C(=O)c2cccc(OCc3ccccc3)c2)[nH]c2cc(Cl)ccc12. The van der Waals surface area contributed by atoms with Crippen molar-refractivity contribution >= 4 is 34.3 Å². The van der Waals surface area contributed by atoms with Crippen molar-refractivity contribution in [2.45, 2.75) is 20.0 Å². The second-order valence-corrected chi connectivity index (χ2v) is 7.41. The van der Waals surface area contributed by atoms with Crippen molar-refractivity contribution in [1.82, 2.24) is 4.98 Å². The summed E-state index contributed by atoms with van der Waals surface area (Å²) in [7, 11) is 0. The second kappa shape index (κ2) is 9.06.